The van der Waals surface area contributed by atoms with E-state index in [4.69, 9.17) is 24.2 Å². The van der Waals surface area contributed by atoms with Crippen molar-refractivity contribution in [1.82, 2.24) is 10.8 Å². The van der Waals surface area contributed by atoms with E-state index < -0.39 is 17.9 Å². The molecule has 34 heavy (non-hydrogen) atoms. The maximum Gasteiger partial charge on any atom is 0.243 e. The Kier molecular flexibility index (Phi) is 7.95. The van der Waals surface area contributed by atoms with Crippen molar-refractivity contribution in [2.75, 3.05) is 28.4 Å². The summed E-state index contributed by atoms with van der Waals surface area (Å²) in [5.41, 5.74) is 4.04. The molecule has 10 nitrogen and oxygen atoms in total. The minimum atomic E-state index is -0.661. The van der Waals surface area contributed by atoms with Gasteiger partial charge in [-0.2, -0.15) is 0 Å². The minimum absolute atomic E-state index is 0.122. The highest BCUT2D eigenvalue weighted by atomic mass is 16.5. The second kappa shape index (κ2) is 10.9. The fraction of sp³-hybridized carbons (Fsp3) is 0.375. The van der Waals surface area contributed by atoms with Crippen molar-refractivity contribution < 1.29 is 33.7 Å². The average molecular weight is 472 g/mol. The fourth-order valence-electron chi connectivity index (χ4n) is 4.17. The molecule has 10 heteroatoms. The van der Waals surface area contributed by atoms with E-state index in [1.165, 1.54) is 40.0 Å². The van der Waals surface area contributed by atoms with Gasteiger partial charge in [-0.3, -0.25) is 19.6 Å². The SMILES string of the molecule is COc1cc2c(c(OC)c1OC)-c1ccc(OC)c(=O)cc1[C@@H](NC(=O)CCC(=O)NO)CC2. The number of carbonyl (C=O) groups is 2. The van der Waals surface area contributed by atoms with Gasteiger partial charge in [0.05, 0.1) is 34.5 Å². The number of nitrogens with one attached hydrogen (secondary N) is 2. The molecule has 3 N–H and O–H groups in total. The largest absolute Gasteiger partial charge is 0.493 e. The summed E-state index contributed by atoms with van der Waals surface area (Å²) in [7, 11) is 5.99. The summed E-state index contributed by atoms with van der Waals surface area (Å²) in [6.45, 7) is 0. The van der Waals surface area contributed by atoms with Crippen LogP contribution in [0.1, 0.15) is 36.4 Å². The van der Waals surface area contributed by atoms with Gasteiger partial charge in [-0.05, 0) is 47.7 Å². The molecule has 0 unspecified atom stereocenters. The molecule has 0 radical (unpaired) electrons. The molecule has 3 rings (SSSR count). The van der Waals surface area contributed by atoms with E-state index in [-0.39, 0.29) is 24.0 Å². The number of ether oxygens (including phenoxy) is 4. The van der Waals surface area contributed by atoms with E-state index in [1.807, 2.05) is 6.07 Å². The summed E-state index contributed by atoms with van der Waals surface area (Å²) in [5, 5.41) is 11.6. The van der Waals surface area contributed by atoms with E-state index in [0.29, 0.717) is 41.2 Å². The van der Waals surface area contributed by atoms with E-state index in [0.717, 1.165) is 11.1 Å². The smallest absolute Gasteiger partial charge is 0.243 e. The van der Waals surface area contributed by atoms with Crippen molar-refractivity contribution in [2.45, 2.75) is 31.7 Å². The first-order valence-electron chi connectivity index (χ1n) is 10.6. The van der Waals surface area contributed by atoms with E-state index in [9.17, 15) is 14.4 Å². The van der Waals surface area contributed by atoms with Crippen LogP contribution < -0.4 is 35.2 Å². The Morgan fingerprint density at radius 3 is 2.24 bits per heavy atom. The van der Waals surface area contributed by atoms with Crippen LogP contribution >= 0.6 is 0 Å². The zero-order chi connectivity index (χ0) is 24.8. The lowest BCUT2D eigenvalue weighted by Crippen LogP contribution is -2.30. The molecule has 1 aliphatic carbocycles. The first-order valence-corrected chi connectivity index (χ1v) is 10.6. The number of rotatable bonds is 8. The quantitative estimate of drug-likeness (QED) is 0.393. The molecule has 0 aromatic heterocycles. The van der Waals surface area contributed by atoms with Crippen LogP contribution in [0, 0.1) is 0 Å². The number of methoxy groups -OCH3 is 4. The van der Waals surface area contributed by atoms with Crippen LogP contribution in [0.5, 0.6) is 23.0 Å². The van der Waals surface area contributed by atoms with Crippen LogP contribution in [0.15, 0.2) is 29.1 Å². The average Bonchev–Trinajstić information content (AvgIpc) is 3.09. The summed E-state index contributed by atoms with van der Waals surface area (Å²) in [4.78, 5) is 36.7. The summed E-state index contributed by atoms with van der Waals surface area (Å²) in [6, 6.07) is 6.12. The summed E-state index contributed by atoms with van der Waals surface area (Å²) < 4.78 is 22.0. The molecule has 0 saturated carbocycles. The number of amides is 2. The number of hydrogen-bond donors (Lipinski definition) is 3. The molecule has 182 valence electrons. The minimum Gasteiger partial charge on any atom is -0.493 e. The second-order valence-corrected chi connectivity index (χ2v) is 7.65. The highest BCUT2D eigenvalue weighted by Gasteiger charge is 2.29. The third kappa shape index (κ3) is 4.91. The molecule has 0 saturated heterocycles. The van der Waals surface area contributed by atoms with Crippen LogP contribution in [0.2, 0.25) is 0 Å². The molecule has 2 aromatic rings. The Balaban J connectivity index is 2.20. The number of hydroxylamine groups is 1. The van der Waals surface area contributed by atoms with Crippen LogP contribution in [0.25, 0.3) is 11.1 Å². The monoisotopic (exact) mass is 472 g/mol. The fourth-order valence-corrected chi connectivity index (χ4v) is 4.17. The molecular formula is C24H28N2O8. The highest BCUT2D eigenvalue weighted by molar-refractivity contribution is 5.85. The highest BCUT2D eigenvalue weighted by Crippen LogP contribution is 2.50. The number of aryl methyl sites for hydroxylation is 1. The van der Waals surface area contributed by atoms with Crippen molar-refractivity contribution >= 4 is 11.8 Å². The van der Waals surface area contributed by atoms with Gasteiger partial charge in [-0.25, -0.2) is 5.48 Å². The van der Waals surface area contributed by atoms with Gasteiger partial charge < -0.3 is 24.3 Å². The topological polar surface area (TPSA) is 132 Å². The van der Waals surface area contributed by atoms with Crippen LogP contribution in [0.3, 0.4) is 0 Å². The molecule has 1 atom stereocenters. The molecule has 0 spiro atoms. The lowest BCUT2D eigenvalue weighted by molar-refractivity contribution is -0.132. The van der Waals surface area contributed by atoms with E-state index in [1.54, 1.807) is 12.1 Å². The number of benzene rings is 1. The predicted octanol–water partition coefficient (Wildman–Crippen LogP) is 2.14. The zero-order valence-corrected chi connectivity index (χ0v) is 19.5. The number of fused-ring (bicyclic) bond motifs is 3. The lowest BCUT2D eigenvalue weighted by atomic mass is 9.95. The third-order valence-corrected chi connectivity index (χ3v) is 5.76. The van der Waals surface area contributed by atoms with Crippen molar-refractivity contribution in [3.8, 4) is 34.1 Å². The summed E-state index contributed by atoms with van der Waals surface area (Å²) in [6.07, 6.45) is 0.719. The van der Waals surface area contributed by atoms with E-state index >= 15 is 0 Å². The van der Waals surface area contributed by atoms with Gasteiger partial charge >= 0.3 is 0 Å². The van der Waals surface area contributed by atoms with Gasteiger partial charge in [0.15, 0.2) is 17.2 Å². The van der Waals surface area contributed by atoms with Gasteiger partial charge in [-0.1, -0.05) is 6.07 Å². The first kappa shape index (κ1) is 24.8. The van der Waals surface area contributed by atoms with Crippen molar-refractivity contribution in [3.05, 3.63) is 45.6 Å². The molecule has 0 heterocycles. The van der Waals surface area contributed by atoms with Crippen LogP contribution in [0.4, 0.5) is 0 Å². The Labute approximate surface area is 196 Å². The molecule has 2 amide bonds. The van der Waals surface area contributed by atoms with Gasteiger partial charge in [0.25, 0.3) is 0 Å². The Morgan fingerprint density at radius 2 is 1.62 bits per heavy atom. The van der Waals surface area contributed by atoms with Crippen molar-refractivity contribution in [2.24, 2.45) is 0 Å². The molecule has 1 aliphatic rings. The molecule has 2 aromatic carbocycles. The van der Waals surface area contributed by atoms with Gasteiger partial charge in [0.2, 0.25) is 23.0 Å². The van der Waals surface area contributed by atoms with E-state index in [2.05, 4.69) is 5.32 Å². The summed E-state index contributed by atoms with van der Waals surface area (Å²) >= 11 is 0. The van der Waals surface area contributed by atoms with Crippen LogP contribution in [-0.4, -0.2) is 45.5 Å². The van der Waals surface area contributed by atoms with Crippen molar-refractivity contribution in [3.63, 3.8) is 0 Å². The Hall–Kier alpha value is -3.79. The maximum atomic E-state index is 12.8. The Bertz CT molecular complexity index is 1150. The Morgan fingerprint density at radius 1 is 0.941 bits per heavy atom. The van der Waals surface area contributed by atoms with Gasteiger partial charge in [-0.15, -0.1) is 0 Å². The second-order valence-electron chi connectivity index (χ2n) is 7.65. The summed E-state index contributed by atoms with van der Waals surface area (Å²) in [5.74, 6) is 0.456. The van der Waals surface area contributed by atoms with Gasteiger partial charge in [0.1, 0.15) is 0 Å². The third-order valence-electron chi connectivity index (χ3n) is 5.76. The zero-order valence-electron chi connectivity index (χ0n) is 19.5. The molecule has 0 bridgehead atoms. The maximum absolute atomic E-state index is 12.8. The molecular weight excluding hydrogens is 444 g/mol. The van der Waals surface area contributed by atoms with Crippen molar-refractivity contribution in [1.29, 1.82) is 0 Å². The number of hydrogen-bond acceptors (Lipinski definition) is 8. The molecule has 0 fully saturated rings. The normalized spacial score (nSPS) is 14.1. The number of carbonyl (C=O) groups excluding carboxylic acids is 2. The van der Waals surface area contributed by atoms with Crippen LogP contribution in [-0.2, 0) is 16.0 Å². The standard InChI is InChI=1S/C24H28N2O8/c1-31-18-8-6-14-15(12-17(18)27)16(25-20(28)9-10-21(29)26-30)7-5-13-11-19(32-2)23(33-3)24(34-4)22(13)14/h6,8,11-12,16,30H,5,7,9-10H2,1-4H3,(H,25,28)(H,26,29)/t16-/m0/s1. The molecule has 0 aliphatic heterocycles. The van der Waals surface area contributed by atoms with Gasteiger partial charge in [0, 0.05) is 18.4 Å². The predicted molar refractivity (Wildman–Crippen MR) is 123 cm³/mol. The lowest BCUT2D eigenvalue weighted by Gasteiger charge is -2.20. The first-order chi connectivity index (χ1) is 16.4.